The van der Waals surface area contributed by atoms with Crippen molar-refractivity contribution in [2.45, 2.75) is 128 Å². The van der Waals surface area contributed by atoms with E-state index in [0.29, 0.717) is 6.42 Å². The van der Waals surface area contributed by atoms with Gasteiger partial charge in [0.15, 0.2) is 6.29 Å². The quantitative estimate of drug-likeness (QED) is 0.162. The second kappa shape index (κ2) is 18.8. The van der Waals surface area contributed by atoms with Gasteiger partial charge in [0, 0.05) is 12.0 Å². The van der Waals surface area contributed by atoms with Crippen LogP contribution >= 0.6 is 0 Å². The van der Waals surface area contributed by atoms with Crippen molar-refractivity contribution in [2.75, 3.05) is 0 Å². The van der Waals surface area contributed by atoms with Crippen LogP contribution in [-0.4, -0.2) is 22.5 Å². The van der Waals surface area contributed by atoms with Crippen molar-refractivity contribution in [1.29, 1.82) is 0 Å². The molecule has 0 bridgehead atoms. The fraction of sp³-hybridized carbons (Fsp3) is 0.778. The van der Waals surface area contributed by atoms with Gasteiger partial charge in [-0.1, -0.05) is 134 Å². The first-order valence-electron chi connectivity index (χ1n) is 12.8. The molecule has 3 nitrogen and oxygen atoms in total. The van der Waals surface area contributed by atoms with Gasteiger partial charge in [0.05, 0.1) is 0 Å². The molecular formula is C27H49NO2. The third-order valence-electron chi connectivity index (χ3n) is 6.39. The highest BCUT2D eigenvalue weighted by Gasteiger charge is 2.24. The summed E-state index contributed by atoms with van der Waals surface area (Å²) in [6, 6.07) is 9.83. The first-order valence-corrected chi connectivity index (χ1v) is 12.8. The lowest BCUT2D eigenvalue weighted by Crippen LogP contribution is -2.39. The Kier molecular flexibility index (Phi) is 17.0. The second-order valence-corrected chi connectivity index (χ2v) is 9.17. The summed E-state index contributed by atoms with van der Waals surface area (Å²) in [4.78, 5) is 0. The maximum absolute atomic E-state index is 9.74. The smallest absolute Gasteiger partial charge is 0.156 e. The molecule has 0 fully saturated rings. The zero-order valence-corrected chi connectivity index (χ0v) is 19.6. The fourth-order valence-electron chi connectivity index (χ4n) is 4.33. The summed E-state index contributed by atoms with van der Waals surface area (Å²) in [7, 11) is 0. The minimum Gasteiger partial charge on any atom is -0.368 e. The molecule has 0 aliphatic carbocycles. The Hall–Kier alpha value is -0.900. The highest BCUT2D eigenvalue weighted by molar-refractivity contribution is 5.15. The molecule has 30 heavy (non-hydrogen) atoms. The van der Waals surface area contributed by atoms with Crippen LogP contribution < -0.4 is 5.73 Å². The molecule has 1 aromatic rings. The van der Waals surface area contributed by atoms with Crippen molar-refractivity contribution >= 4 is 0 Å². The summed E-state index contributed by atoms with van der Waals surface area (Å²) in [5.41, 5.74) is 7.41. The van der Waals surface area contributed by atoms with E-state index in [1.165, 1.54) is 89.9 Å². The molecule has 0 spiro atoms. The van der Waals surface area contributed by atoms with E-state index in [-0.39, 0.29) is 12.0 Å². The van der Waals surface area contributed by atoms with Crippen molar-refractivity contribution in [2.24, 2.45) is 11.7 Å². The minimum absolute atomic E-state index is 0.160. The second-order valence-electron chi connectivity index (χ2n) is 9.17. The van der Waals surface area contributed by atoms with Crippen LogP contribution in [0.25, 0.3) is 0 Å². The van der Waals surface area contributed by atoms with Crippen molar-refractivity contribution in [3.05, 3.63) is 35.9 Å². The SMILES string of the molecule is CCCCCCCCCCCCCCCCCC(N)C(Cc1ccccc1)C(O)O. The van der Waals surface area contributed by atoms with E-state index in [1.54, 1.807) is 0 Å². The molecule has 0 aromatic heterocycles. The van der Waals surface area contributed by atoms with E-state index < -0.39 is 6.29 Å². The molecule has 1 aromatic carbocycles. The lowest BCUT2D eigenvalue weighted by atomic mass is 9.89. The van der Waals surface area contributed by atoms with Crippen LogP contribution in [0.4, 0.5) is 0 Å². The Bertz CT molecular complexity index is 477. The summed E-state index contributed by atoms with van der Waals surface area (Å²) in [5, 5.41) is 19.5. The van der Waals surface area contributed by atoms with Crippen LogP contribution in [0, 0.1) is 5.92 Å². The number of aliphatic hydroxyl groups excluding tert-OH is 1. The van der Waals surface area contributed by atoms with Crippen LogP contribution in [0.3, 0.4) is 0 Å². The van der Waals surface area contributed by atoms with Crippen LogP contribution in [-0.2, 0) is 6.42 Å². The maximum atomic E-state index is 9.74. The highest BCUT2D eigenvalue weighted by atomic mass is 16.5. The fourth-order valence-corrected chi connectivity index (χ4v) is 4.33. The van der Waals surface area contributed by atoms with E-state index >= 15 is 0 Å². The third-order valence-corrected chi connectivity index (χ3v) is 6.39. The van der Waals surface area contributed by atoms with Gasteiger partial charge in [0.1, 0.15) is 0 Å². The number of nitrogens with two attached hydrogens (primary N) is 1. The number of benzene rings is 1. The molecule has 0 amide bonds. The van der Waals surface area contributed by atoms with E-state index in [1.807, 2.05) is 30.3 Å². The van der Waals surface area contributed by atoms with Crippen LogP contribution in [0.15, 0.2) is 30.3 Å². The molecule has 0 radical (unpaired) electrons. The number of hydrogen-bond acceptors (Lipinski definition) is 3. The van der Waals surface area contributed by atoms with Gasteiger partial charge in [0.2, 0.25) is 0 Å². The van der Waals surface area contributed by atoms with Crippen LogP contribution in [0.1, 0.15) is 115 Å². The first-order chi connectivity index (χ1) is 14.6. The summed E-state index contributed by atoms with van der Waals surface area (Å²) in [6.07, 6.45) is 20.4. The zero-order valence-electron chi connectivity index (χ0n) is 19.6. The van der Waals surface area contributed by atoms with Gasteiger partial charge in [-0.2, -0.15) is 0 Å². The van der Waals surface area contributed by atoms with Gasteiger partial charge >= 0.3 is 0 Å². The normalized spacial score (nSPS) is 13.6. The lowest BCUT2D eigenvalue weighted by Gasteiger charge is -2.25. The summed E-state index contributed by atoms with van der Waals surface area (Å²) >= 11 is 0. The molecule has 174 valence electrons. The van der Waals surface area contributed by atoms with E-state index in [2.05, 4.69) is 6.92 Å². The van der Waals surface area contributed by atoms with E-state index in [0.717, 1.165) is 18.4 Å². The molecule has 0 saturated carbocycles. The van der Waals surface area contributed by atoms with Crippen molar-refractivity contribution in [3.8, 4) is 0 Å². The van der Waals surface area contributed by atoms with Crippen molar-refractivity contribution in [1.82, 2.24) is 0 Å². The van der Waals surface area contributed by atoms with Gasteiger partial charge < -0.3 is 15.9 Å². The van der Waals surface area contributed by atoms with Gasteiger partial charge in [-0.3, -0.25) is 0 Å². The van der Waals surface area contributed by atoms with Crippen molar-refractivity contribution in [3.63, 3.8) is 0 Å². The number of unbranched alkanes of at least 4 members (excludes halogenated alkanes) is 14. The number of aliphatic hydroxyl groups is 2. The Morgan fingerprint density at radius 2 is 1.10 bits per heavy atom. The minimum atomic E-state index is -1.35. The zero-order chi connectivity index (χ0) is 21.9. The van der Waals surface area contributed by atoms with Gasteiger partial charge in [-0.25, -0.2) is 0 Å². The Balaban J connectivity index is 1.96. The van der Waals surface area contributed by atoms with Crippen LogP contribution in [0.2, 0.25) is 0 Å². The Morgan fingerprint density at radius 1 is 0.667 bits per heavy atom. The molecule has 0 saturated heterocycles. The van der Waals surface area contributed by atoms with Gasteiger partial charge in [0.25, 0.3) is 0 Å². The van der Waals surface area contributed by atoms with Crippen LogP contribution in [0.5, 0.6) is 0 Å². The average molecular weight is 420 g/mol. The molecular weight excluding hydrogens is 370 g/mol. The predicted octanol–water partition coefficient (Wildman–Crippen LogP) is 6.74. The maximum Gasteiger partial charge on any atom is 0.156 e. The summed E-state index contributed by atoms with van der Waals surface area (Å²) < 4.78 is 0. The largest absolute Gasteiger partial charge is 0.368 e. The third kappa shape index (κ3) is 14.2. The van der Waals surface area contributed by atoms with Gasteiger partial charge in [-0.05, 0) is 18.4 Å². The molecule has 0 aliphatic rings. The molecule has 1 rings (SSSR count). The Morgan fingerprint density at radius 3 is 1.53 bits per heavy atom. The van der Waals surface area contributed by atoms with E-state index in [9.17, 15) is 10.2 Å². The lowest BCUT2D eigenvalue weighted by molar-refractivity contribution is -0.0908. The Labute approximate surface area is 186 Å². The number of rotatable bonds is 20. The molecule has 2 unspecified atom stereocenters. The average Bonchev–Trinajstić information content (AvgIpc) is 2.75. The number of hydrogen-bond donors (Lipinski definition) is 3. The molecule has 3 heteroatoms. The summed E-state index contributed by atoms with van der Waals surface area (Å²) in [5.74, 6) is -0.293. The van der Waals surface area contributed by atoms with E-state index in [4.69, 9.17) is 5.73 Å². The molecule has 0 heterocycles. The monoisotopic (exact) mass is 419 g/mol. The first kappa shape index (κ1) is 27.1. The predicted molar refractivity (Wildman–Crippen MR) is 129 cm³/mol. The standard InChI is InChI=1S/C27H49NO2/c1-2-3-4-5-6-7-8-9-10-11-12-13-14-15-19-22-26(28)25(27(29)30)23-24-20-17-16-18-21-24/h16-18,20-21,25-27,29-30H,2-15,19,22-23,28H2,1H3. The molecule has 2 atom stereocenters. The van der Waals surface area contributed by atoms with Crippen molar-refractivity contribution < 1.29 is 10.2 Å². The summed E-state index contributed by atoms with van der Waals surface area (Å²) in [6.45, 7) is 2.28. The molecule has 0 aliphatic heterocycles. The highest BCUT2D eigenvalue weighted by Crippen LogP contribution is 2.19. The van der Waals surface area contributed by atoms with Gasteiger partial charge in [-0.15, -0.1) is 0 Å². The molecule has 4 N–H and O–H groups in total. The topological polar surface area (TPSA) is 66.5 Å².